The summed E-state index contributed by atoms with van der Waals surface area (Å²) in [5.74, 6) is 0.0243. The van der Waals surface area contributed by atoms with E-state index in [4.69, 9.17) is 16.3 Å². The predicted molar refractivity (Wildman–Crippen MR) is 78.5 cm³/mol. The molecule has 0 aliphatic carbocycles. The number of nitro benzene ring substituents is 1. The van der Waals surface area contributed by atoms with E-state index in [0.29, 0.717) is 17.7 Å². The van der Waals surface area contributed by atoms with Gasteiger partial charge in [0.2, 0.25) is 5.75 Å². The van der Waals surface area contributed by atoms with E-state index >= 15 is 0 Å². The summed E-state index contributed by atoms with van der Waals surface area (Å²) in [7, 11) is 0. The first kappa shape index (κ1) is 15.3. The zero-order valence-electron chi connectivity index (χ0n) is 11.3. The topological polar surface area (TPSA) is 52.4 Å². The molecule has 2 aromatic rings. The van der Waals surface area contributed by atoms with Crippen LogP contribution in [0, 0.1) is 15.9 Å². The first-order chi connectivity index (χ1) is 10.0. The van der Waals surface area contributed by atoms with Crippen LogP contribution in [0.5, 0.6) is 11.5 Å². The van der Waals surface area contributed by atoms with Crippen LogP contribution in [0.15, 0.2) is 36.4 Å². The quantitative estimate of drug-likeness (QED) is 0.451. The maximum Gasteiger partial charge on any atom is 0.311 e. The van der Waals surface area contributed by atoms with Gasteiger partial charge in [-0.05, 0) is 36.2 Å². The number of rotatable bonds is 5. The SMILES string of the molecule is CCc1ccc(Oc2ccc(F)cc2CCl)c([N+](=O)[O-])c1. The molecule has 0 saturated heterocycles. The van der Waals surface area contributed by atoms with Crippen molar-refractivity contribution in [3.63, 3.8) is 0 Å². The van der Waals surface area contributed by atoms with Crippen molar-refractivity contribution in [1.29, 1.82) is 0 Å². The molecule has 0 fully saturated rings. The van der Waals surface area contributed by atoms with E-state index in [1.165, 1.54) is 24.3 Å². The molecule has 110 valence electrons. The largest absolute Gasteiger partial charge is 0.450 e. The second kappa shape index (κ2) is 6.54. The van der Waals surface area contributed by atoms with Crippen LogP contribution in [0.2, 0.25) is 0 Å². The summed E-state index contributed by atoms with van der Waals surface area (Å²) in [6, 6.07) is 8.64. The summed E-state index contributed by atoms with van der Waals surface area (Å²) >= 11 is 5.74. The Morgan fingerprint density at radius 2 is 1.95 bits per heavy atom. The summed E-state index contributed by atoms with van der Waals surface area (Å²) in [5, 5.41) is 11.1. The Kier molecular flexibility index (Phi) is 4.75. The van der Waals surface area contributed by atoms with Gasteiger partial charge in [-0.3, -0.25) is 10.1 Å². The van der Waals surface area contributed by atoms with Gasteiger partial charge in [0.1, 0.15) is 11.6 Å². The number of hydrogen-bond donors (Lipinski definition) is 0. The van der Waals surface area contributed by atoms with Crippen LogP contribution in [0.25, 0.3) is 0 Å². The van der Waals surface area contributed by atoms with Crippen LogP contribution in [-0.4, -0.2) is 4.92 Å². The molecule has 0 aliphatic heterocycles. The minimum atomic E-state index is -0.502. The Hall–Kier alpha value is -2.14. The van der Waals surface area contributed by atoms with E-state index in [0.717, 1.165) is 5.56 Å². The summed E-state index contributed by atoms with van der Waals surface area (Å²) in [5.41, 5.74) is 1.15. The lowest BCUT2D eigenvalue weighted by Crippen LogP contribution is -1.97. The molecule has 0 radical (unpaired) electrons. The van der Waals surface area contributed by atoms with Gasteiger partial charge in [0.05, 0.1) is 10.8 Å². The van der Waals surface area contributed by atoms with E-state index < -0.39 is 10.7 Å². The lowest BCUT2D eigenvalue weighted by atomic mass is 10.1. The van der Waals surface area contributed by atoms with Gasteiger partial charge in [-0.25, -0.2) is 4.39 Å². The van der Waals surface area contributed by atoms with E-state index in [1.807, 2.05) is 6.92 Å². The lowest BCUT2D eigenvalue weighted by Gasteiger charge is -2.10. The van der Waals surface area contributed by atoms with Crippen molar-refractivity contribution in [2.24, 2.45) is 0 Å². The summed E-state index contributed by atoms with van der Waals surface area (Å²) < 4.78 is 18.7. The number of halogens is 2. The number of benzene rings is 2. The van der Waals surface area contributed by atoms with Crippen LogP contribution in [-0.2, 0) is 12.3 Å². The van der Waals surface area contributed by atoms with E-state index in [-0.39, 0.29) is 17.3 Å². The van der Waals surface area contributed by atoms with Crippen LogP contribution >= 0.6 is 11.6 Å². The second-order valence-electron chi connectivity index (χ2n) is 4.40. The van der Waals surface area contributed by atoms with Crippen LogP contribution in [0.3, 0.4) is 0 Å². The molecule has 0 aromatic heterocycles. The molecule has 0 spiro atoms. The Bertz CT molecular complexity index is 676. The Balaban J connectivity index is 2.42. The number of aryl methyl sites for hydroxylation is 1. The third-order valence-corrected chi connectivity index (χ3v) is 3.30. The van der Waals surface area contributed by atoms with Crippen molar-refractivity contribution in [2.75, 3.05) is 0 Å². The molecule has 2 aromatic carbocycles. The van der Waals surface area contributed by atoms with Crippen molar-refractivity contribution in [3.05, 3.63) is 63.5 Å². The van der Waals surface area contributed by atoms with E-state index in [9.17, 15) is 14.5 Å². The second-order valence-corrected chi connectivity index (χ2v) is 4.67. The van der Waals surface area contributed by atoms with Gasteiger partial charge in [-0.1, -0.05) is 13.0 Å². The lowest BCUT2D eigenvalue weighted by molar-refractivity contribution is -0.385. The van der Waals surface area contributed by atoms with Gasteiger partial charge in [-0.15, -0.1) is 11.6 Å². The first-order valence-electron chi connectivity index (χ1n) is 6.34. The third-order valence-electron chi connectivity index (χ3n) is 3.01. The fraction of sp³-hybridized carbons (Fsp3) is 0.200. The molecular formula is C15H13ClFNO3. The highest BCUT2D eigenvalue weighted by atomic mass is 35.5. The smallest absolute Gasteiger partial charge is 0.311 e. The van der Waals surface area contributed by atoms with Gasteiger partial charge in [-0.2, -0.15) is 0 Å². The van der Waals surface area contributed by atoms with Crippen molar-refractivity contribution in [2.45, 2.75) is 19.2 Å². The highest BCUT2D eigenvalue weighted by molar-refractivity contribution is 6.17. The Morgan fingerprint density at radius 1 is 1.24 bits per heavy atom. The number of ether oxygens (including phenoxy) is 1. The van der Waals surface area contributed by atoms with E-state index in [1.54, 1.807) is 12.1 Å². The fourth-order valence-corrected chi connectivity index (χ4v) is 2.09. The molecule has 0 aliphatic rings. The molecule has 0 saturated carbocycles. The molecule has 4 nitrogen and oxygen atoms in total. The molecule has 0 heterocycles. The molecule has 0 bridgehead atoms. The average molecular weight is 310 g/mol. The normalized spacial score (nSPS) is 10.4. The van der Waals surface area contributed by atoms with Crippen LogP contribution in [0.4, 0.5) is 10.1 Å². The van der Waals surface area contributed by atoms with Gasteiger partial charge in [0.15, 0.2) is 0 Å². The molecule has 2 rings (SSSR count). The van der Waals surface area contributed by atoms with Crippen LogP contribution in [0.1, 0.15) is 18.1 Å². The summed E-state index contributed by atoms with van der Waals surface area (Å²) in [4.78, 5) is 10.6. The minimum absolute atomic E-state index is 0.0495. The molecule has 0 amide bonds. The number of hydrogen-bond acceptors (Lipinski definition) is 3. The van der Waals surface area contributed by atoms with Gasteiger partial charge >= 0.3 is 5.69 Å². The van der Waals surface area contributed by atoms with Gasteiger partial charge < -0.3 is 4.74 Å². The highest BCUT2D eigenvalue weighted by Crippen LogP contribution is 2.34. The summed E-state index contributed by atoms with van der Waals surface area (Å²) in [6.45, 7) is 1.91. The standard InChI is InChI=1S/C15H13ClFNO3/c1-2-10-3-5-15(13(7-10)18(19)20)21-14-6-4-12(17)8-11(14)9-16/h3-8H,2,9H2,1H3. The van der Waals surface area contributed by atoms with Crippen molar-refractivity contribution in [3.8, 4) is 11.5 Å². The maximum absolute atomic E-state index is 13.2. The van der Waals surface area contributed by atoms with Crippen molar-refractivity contribution >= 4 is 17.3 Å². The number of nitro groups is 1. The van der Waals surface area contributed by atoms with Crippen LogP contribution < -0.4 is 4.74 Å². The average Bonchev–Trinajstić information content (AvgIpc) is 2.49. The van der Waals surface area contributed by atoms with Crippen molar-refractivity contribution in [1.82, 2.24) is 0 Å². The predicted octanol–water partition coefficient (Wildman–Crippen LogP) is 4.83. The number of alkyl halides is 1. The van der Waals surface area contributed by atoms with Gasteiger partial charge in [0, 0.05) is 11.6 Å². The van der Waals surface area contributed by atoms with E-state index in [2.05, 4.69) is 0 Å². The zero-order chi connectivity index (χ0) is 15.4. The Morgan fingerprint density at radius 3 is 2.57 bits per heavy atom. The number of nitrogens with zero attached hydrogens (tertiary/aromatic N) is 1. The molecule has 0 N–H and O–H groups in total. The zero-order valence-corrected chi connectivity index (χ0v) is 12.1. The van der Waals surface area contributed by atoms with Crippen molar-refractivity contribution < 1.29 is 14.1 Å². The molecule has 6 heteroatoms. The fourth-order valence-electron chi connectivity index (χ4n) is 1.88. The first-order valence-corrected chi connectivity index (χ1v) is 6.88. The highest BCUT2D eigenvalue weighted by Gasteiger charge is 2.17. The molecule has 0 unspecified atom stereocenters. The molecule has 21 heavy (non-hydrogen) atoms. The molecule has 0 atom stereocenters. The third kappa shape index (κ3) is 3.49. The van der Waals surface area contributed by atoms with Gasteiger partial charge in [0.25, 0.3) is 0 Å². The monoisotopic (exact) mass is 309 g/mol. The maximum atomic E-state index is 13.2. The Labute approximate surface area is 126 Å². The molecular weight excluding hydrogens is 297 g/mol. The minimum Gasteiger partial charge on any atom is -0.450 e. The summed E-state index contributed by atoms with van der Waals surface area (Å²) in [6.07, 6.45) is 0.685.